The van der Waals surface area contributed by atoms with E-state index in [-0.39, 0.29) is 0 Å². The Morgan fingerprint density at radius 2 is 1.41 bits per heavy atom. The average Bonchev–Trinajstić information content (AvgIpc) is 2.96. The van der Waals surface area contributed by atoms with Gasteiger partial charge >= 0.3 is 0 Å². The van der Waals surface area contributed by atoms with Gasteiger partial charge in [-0.25, -0.2) is 0 Å². The molecule has 0 aromatic heterocycles. The molecule has 3 aromatic carbocycles. The maximum atomic E-state index is 4.69. The van der Waals surface area contributed by atoms with E-state index >= 15 is 0 Å². The zero-order valence-electron chi connectivity index (χ0n) is 16.4. The Kier molecular flexibility index (Phi) is 4.57. The molecule has 0 fully saturated rings. The van der Waals surface area contributed by atoms with Gasteiger partial charge in [0, 0.05) is 29.6 Å². The third-order valence-electron chi connectivity index (χ3n) is 5.73. The van der Waals surface area contributed by atoms with Crippen molar-refractivity contribution in [1.29, 1.82) is 0 Å². The van der Waals surface area contributed by atoms with Crippen molar-refractivity contribution in [2.75, 3.05) is 5.32 Å². The number of hydrogen-bond donors (Lipinski definition) is 1. The van der Waals surface area contributed by atoms with E-state index in [2.05, 4.69) is 89.2 Å². The molecule has 0 saturated heterocycles. The summed E-state index contributed by atoms with van der Waals surface area (Å²) in [5.41, 5.74) is 8.08. The summed E-state index contributed by atoms with van der Waals surface area (Å²) in [5.74, 6) is 0.298. The van der Waals surface area contributed by atoms with Gasteiger partial charge in [0.05, 0.1) is 11.4 Å². The molecule has 29 heavy (non-hydrogen) atoms. The Morgan fingerprint density at radius 1 is 0.759 bits per heavy atom. The van der Waals surface area contributed by atoms with Gasteiger partial charge in [-0.2, -0.15) is 10.2 Å². The minimum atomic E-state index is 0.298. The summed E-state index contributed by atoms with van der Waals surface area (Å²) in [5, 5.41) is 13.0. The first-order chi connectivity index (χ1) is 14.3. The second kappa shape index (κ2) is 7.51. The number of rotatable bonds is 3. The fraction of sp³-hybridized carbons (Fsp3) is 0.154. The molecule has 0 aliphatic carbocycles. The van der Waals surface area contributed by atoms with Crippen LogP contribution in [0.2, 0.25) is 0 Å². The van der Waals surface area contributed by atoms with Gasteiger partial charge in [0.15, 0.2) is 0 Å². The molecule has 2 unspecified atom stereocenters. The van der Waals surface area contributed by atoms with Crippen molar-refractivity contribution >= 4 is 17.1 Å². The van der Waals surface area contributed by atoms with Crippen LogP contribution >= 0.6 is 0 Å². The summed E-state index contributed by atoms with van der Waals surface area (Å²) in [4.78, 5) is 0. The van der Waals surface area contributed by atoms with Crippen LogP contribution in [0.3, 0.4) is 0 Å². The Hall–Kier alpha value is -3.46. The number of nitrogens with one attached hydrogen (secondary N) is 1. The lowest BCUT2D eigenvalue weighted by Crippen LogP contribution is -2.20. The van der Waals surface area contributed by atoms with Gasteiger partial charge in [-0.3, -0.25) is 0 Å². The highest BCUT2D eigenvalue weighted by Gasteiger charge is 2.33. The first-order valence-electron chi connectivity index (χ1n) is 10.1. The summed E-state index contributed by atoms with van der Waals surface area (Å²) >= 11 is 0. The fourth-order valence-corrected chi connectivity index (χ4v) is 4.36. The monoisotopic (exact) mass is 377 g/mol. The zero-order valence-corrected chi connectivity index (χ0v) is 16.4. The second-order valence-corrected chi connectivity index (χ2v) is 7.66. The van der Waals surface area contributed by atoms with Crippen molar-refractivity contribution in [3.8, 4) is 0 Å². The van der Waals surface area contributed by atoms with Crippen molar-refractivity contribution in [2.45, 2.75) is 25.3 Å². The normalized spacial score (nSPS) is 20.7. The van der Waals surface area contributed by atoms with E-state index in [1.807, 2.05) is 24.3 Å². The molecular weight excluding hydrogens is 354 g/mol. The second-order valence-electron chi connectivity index (χ2n) is 7.66. The quantitative estimate of drug-likeness (QED) is 0.614. The third-order valence-corrected chi connectivity index (χ3v) is 5.73. The molecule has 2 heterocycles. The molecule has 3 aromatic rings. The number of hydrogen-bond acceptors (Lipinski definition) is 3. The summed E-state index contributed by atoms with van der Waals surface area (Å²) in [7, 11) is 0. The SMILES string of the molecule is CC1Nc2ccccc2C1C1=CC(c2ccccc2)=NN=C(c2ccccc2)C1. The summed E-state index contributed by atoms with van der Waals surface area (Å²) in [6.07, 6.45) is 3.04. The Labute approximate surface area is 171 Å². The van der Waals surface area contributed by atoms with Crippen molar-refractivity contribution in [3.63, 3.8) is 0 Å². The van der Waals surface area contributed by atoms with Crippen LogP contribution in [0.4, 0.5) is 5.69 Å². The molecule has 3 heteroatoms. The van der Waals surface area contributed by atoms with Gasteiger partial charge in [-0.1, -0.05) is 84.4 Å². The molecule has 0 bridgehead atoms. The molecule has 2 aliphatic heterocycles. The Morgan fingerprint density at radius 3 is 2.17 bits per heavy atom. The minimum Gasteiger partial charge on any atom is -0.381 e. The number of benzene rings is 3. The van der Waals surface area contributed by atoms with Crippen molar-refractivity contribution in [2.24, 2.45) is 10.2 Å². The van der Waals surface area contributed by atoms with Gasteiger partial charge in [0.1, 0.15) is 0 Å². The van der Waals surface area contributed by atoms with Crippen LogP contribution in [0.15, 0.2) is 107 Å². The molecule has 2 aliphatic rings. The lowest BCUT2D eigenvalue weighted by molar-refractivity contribution is 0.705. The number of fused-ring (bicyclic) bond motifs is 1. The van der Waals surface area contributed by atoms with E-state index in [0.29, 0.717) is 12.0 Å². The van der Waals surface area contributed by atoms with Crippen molar-refractivity contribution < 1.29 is 0 Å². The first kappa shape index (κ1) is 17.6. The topological polar surface area (TPSA) is 36.8 Å². The molecule has 1 N–H and O–H groups in total. The number of nitrogens with zero attached hydrogens (tertiary/aromatic N) is 2. The van der Waals surface area contributed by atoms with E-state index in [9.17, 15) is 0 Å². The maximum Gasteiger partial charge on any atom is 0.0929 e. The van der Waals surface area contributed by atoms with Crippen LogP contribution in [0.5, 0.6) is 0 Å². The van der Waals surface area contributed by atoms with E-state index in [0.717, 1.165) is 29.0 Å². The number of allylic oxidation sites excluding steroid dienone is 1. The highest BCUT2D eigenvalue weighted by molar-refractivity contribution is 6.12. The van der Waals surface area contributed by atoms with Crippen LogP contribution < -0.4 is 5.32 Å². The fourth-order valence-electron chi connectivity index (χ4n) is 4.36. The largest absolute Gasteiger partial charge is 0.381 e. The summed E-state index contributed by atoms with van der Waals surface area (Å²) in [6, 6.07) is 29.7. The van der Waals surface area contributed by atoms with Gasteiger partial charge in [0.25, 0.3) is 0 Å². The molecule has 0 radical (unpaired) electrons. The van der Waals surface area contributed by atoms with Gasteiger partial charge in [-0.05, 0) is 30.2 Å². The molecule has 3 nitrogen and oxygen atoms in total. The lowest BCUT2D eigenvalue weighted by Gasteiger charge is -2.20. The standard InChI is InChI=1S/C26H23N3/c1-18-26(22-14-8-9-15-23(22)27-18)21-16-24(19-10-4-2-5-11-19)28-29-25(17-21)20-12-6-3-7-13-20/h2-16,18,26-27H,17H2,1H3. The highest BCUT2D eigenvalue weighted by Crippen LogP contribution is 2.42. The van der Waals surface area contributed by atoms with Gasteiger partial charge in [-0.15, -0.1) is 0 Å². The van der Waals surface area contributed by atoms with E-state index < -0.39 is 0 Å². The van der Waals surface area contributed by atoms with E-state index in [1.54, 1.807) is 0 Å². The lowest BCUT2D eigenvalue weighted by atomic mass is 9.83. The molecule has 5 rings (SSSR count). The Balaban J connectivity index is 1.63. The first-order valence-corrected chi connectivity index (χ1v) is 10.1. The zero-order chi connectivity index (χ0) is 19.6. The number of para-hydroxylation sites is 1. The highest BCUT2D eigenvalue weighted by atomic mass is 15.2. The van der Waals surface area contributed by atoms with Crippen LogP contribution in [0.1, 0.15) is 36.0 Å². The van der Waals surface area contributed by atoms with Crippen molar-refractivity contribution in [3.05, 3.63) is 113 Å². The smallest absolute Gasteiger partial charge is 0.0929 e. The number of anilines is 1. The van der Waals surface area contributed by atoms with E-state index in [4.69, 9.17) is 0 Å². The average molecular weight is 377 g/mol. The summed E-state index contributed by atoms with van der Waals surface area (Å²) in [6.45, 7) is 2.26. The maximum absolute atomic E-state index is 4.69. The third kappa shape index (κ3) is 3.40. The van der Waals surface area contributed by atoms with Crippen LogP contribution in [-0.2, 0) is 0 Å². The predicted octanol–water partition coefficient (Wildman–Crippen LogP) is 5.81. The molecule has 0 amide bonds. The Bertz CT molecular complexity index is 1110. The van der Waals surface area contributed by atoms with Gasteiger partial charge < -0.3 is 5.32 Å². The molecule has 2 atom stereocenters. The van der Waals surface area contributed by atoms with Crippen LogP contribution in [0.25, 0.3) is 0 Å². The predicted molar refractivity (Wildman–Crippen MR) is 121 cm³/mol. The molecule has 0 spiro atoms. The molecule has 142 valence electrons. The minimum absolute atomic E-state index is 0.298. The van der Waals surface area contributed by atoms with E-state index in [1.165, 1.54) is 16.8 Å². The van der Waals surface area contributed by atoms with Crippen LogP contribution in [0, 0.1) is 0 Å². The van der Waals surface area contributed by atoms with Crippen LogP contribution in [-0.4, -0.2) is 17.5 Å². The van der Waals surface area contributed by atoms with Gasteiger partial charge in [0.2, 0.25) is 0 Å². The van der Waals surface area contributed by atoms with Crippen molar-refractivity contribution in [1.82, 2.24) is 0 Å². The molecule has 0 saturated carbocycles. The molecular formula is C26H23N3. The summed E-state index contributed by atoms with van der Waals surface area (Å²) < 4.78 is 0.